The number of benzene rings is 2. The van der Waals surface area contributed by atoms with E-state index in [1.807, 2.05) is 0 Å². The minimum Gasteiger partial charge on any atom is -0.336 e. The molecule has 3 rings (SSSR count). The first-order valence-electron chi connectivity index (χ1n) is 8.27. The molecule has 0 aromatic heterocycles. The van der Waals surface area contributed by atoms with Gasteiger partial charge in [0, 0.05) is 31.7 Å². The topological polar surface area (TPSA) is 23.6 Å². The summed E-state index contributed by atoms with van der Waals surface area (Å²) in [4.78, 5) is 15.2. The van der Waals surface area contributed by atoms with Gasteiger partial charge in [0.25, 0.3) is 5.91 Å². The Morgan fingerprint density at radius 2 is 1.58 bits per heavy atom. The number of rotatable bonds is 3. The van der Waals surface area contributed by atoms with Crippen LogP contribution in [0, 0.1) is 5.82 Å². The number of carbonyl (C=O) groups is 1. The molecule has 1 aliphatic heterocycles. The molecule has 1 saturated heterocycles. The van der Waals surface area contributed by atoms with Gasteiger partial charge < -0.3 is 4.90 Å². The maximum Gasteiger partial charge on any atom is 0.408 e. The summed E-state index contributed by atoms with van der Waals surface area (Å²) in [6.07, 6.45) is -4.41. The maximum atomic E-state index is 13.6. The van der Waals surface area contributed by atoms with Crippen LogP contribution in [0.3, 0.4) is 0 Å². The molecule has 0 saturated carbocycles. The Morgan fingerprint density at radius 3 is 2.15 bits per heavy atom. The fourth-order valence-corrected chi connectivity index (χ4v) is 3.23. The van der Waals surface area contributed by atoms with Crippen molar-refractivity contribution in [2.24, 2.45) is 0 Å². The molecule has 0 radical (unpaired) electrons. The average Bonchev–Trinajstić information content (AvgIpc) is 2.62. The summed E-state index contributed by atoms with van der Waals surface area (Å²) in [5.41, 5.74) is 0.388. The van der Waals surface area contributed by atoms with Gasteiger partial charge in [0.15, 0.2) is 0 Å². The Kier molecular flexibility index (Phi) is 5.27. The van der Waals surface area contributed by atoms with Gasteiger partial charge in [0.1, 0.15) is 11.9 Å². The van der Waals surface area contributed by atoms with E-state index in [1.54, 1.807) is 18.2 Å². The molecular formula is C19H18F4N2O. The lowest BCUT2D eigenvalue weighted by molar-refractivity contribution is -0.189. The van der Waals surface area contributed by atoms with E-state index in [2.05, 4.69) is 0 Å². The molecule has 1 fully saturated rings. The number of carbonyl (C=O) groups excluding carboxylic acids is 1. The monoisotopic (exact) mass is 366 g/mol. The third-order valence-electron chi connectivity index (χ3n) is 4.46. The lowest BCUT2D eigenvalue weighted by atomic mass is 10.0. The van der Waals surface area contributed by atoms with Crippen LogP contribution in [-0.2, 0) is 0 Å². The maximum absolute atomic E-state index is 13.6. The molecule has 0 aliphatic carbocycles. The van der Waals surface area contributed by atoms with Crippen LogP contribution in [0.25, 0.3) is 0 Å². The van der Waals surface area contributed by atoms with E-state index >= 15 is 0 Å². The number of alkyl halides is 3. The second kappa shape index (κ2) is 7.45. The molecule has 0 N–H and O–H groups in total. The molecule has 1 aliphatic rings. The van der Waals surface area contributed by atoms with Crippen LogP contribution in [0.4, 0.5) is 17.6 Å². The molecule has 1 heterocycles. The molecule has 0 bridgehead atoms. The highest BCUT2D eigenvalue weighted by Gasteiger charge is 2.45. The lowest BCUT2D eigenvalue weighted by Gasteiger charge is -2.40. The summed E-state index contributed by atoms with van der Waals surface area (Å²) in [5, 5.41) is 0. The van der Waals surface area contributed by atoms with Crippen molar-refractivity contribution >= 4 is 5.91 Å². The van der Waals surface area contributed by atoms with Crippen LogP contribution < -0.4 is 0 Å². The van der Waals surface area contributed by atoms with E-state index in [1.165, 1.54) is 40.1 Å². The first-order chi connectivity index (χ1) is 12.4. The fraction of sp³-hybridized carbons (Fsp3) is 0.316. The van der Waals surface area contributed by atoms with E-state index in [4.69, 9.17) is 0 Å². The number of amides is 1. The van der Waals surface area contributed by atoms with Gasteiger partial charge in [-0.1, -0.05) is 36.4 Å². The highest BCUT2D eigenvalue weighted by atomic mass is 19.4. The van der Waals surface area contributed by atoms with Gasteiger partial charge in [-0.3, -0.25) is 9.69 Å². The SMILES string of the molecule is O=C(c1cccc(F)c1)N1CCN(C(c2ccccc2)C(F)(F)F)CC1. The van der Waals surface area contributed by atoms with Gasteiger partial charge in [-0.2, -0.15) is 13.2 Å². The quantitative estimate of drug-likeness (QED) is 0.770. The van der Waals surface area contributed by atoms with Gasteiger partial charge >= 0.3 is 6.18 Å². The standard InChI is InChI=1S/C19H18F4N2O/c20-16-8-4-7-15(13-16)18(26)25-11-9-24(10-12-25)17(19(21,22)23)14-5-2-1-3-6-14/h1-8,13,17H,9-12H2. The van der Waals surface area contributed by atoms with Gasteiger partial charge in [-0.15, -0.1) is 0 Å². The van der Waals surface area contributed by atoms with Crippen molar-refractivity contribution in [3.05, 3.63) is 71.5 Å². The fourth-order valence-electron chi connectivity index (χ4n) is 3.23. The summed E-state index contributed by atoms with van der Waals surface area (Å²) < 4.78 is 54.1. The number of piperazine rings is 1. The summed E-state index contributed by atoms with van der Waals surface area (Å²) >= 11 is 0. The second-order valence-corrected chi connectivity index (χ2v) is 6.19. The van der Waals surface area contributed by atoms with Crippen LogP contribution in [-0.4, -0.2) is 48.1 Å². The zero-order chi connectivity index (χ0) is 18.7. The van der Waals surface area contributed by atoms with Crippen molar-refractivity contribution in [1.29, 1.82) is 0 Å². The normalized spacial score (nSPS) is 17.2. The molecule has 3 nitrogen and oxygen atoms in total. The van der Waals surface area contributed by atoms with Crippen molar-refractivity contribution in [2.75, 3.05) is 26.2 Å². The summed E-state index contributed by atoms with van der Waals surface area (Å²) in [6, 6.07) is 11.4. The van der Waals surface area contributed by atoms with Crippen molar-refractivity contribution < 1.29 is 22.4 Å². The van der Waals surface area contributed by atoms with Crippen LogP contribution in [0.1, 0.15) is 22.0 Å². The molecule has 2 aromatic carbocycles. The zero-order valence-corrected chi connectivity index (χ0v) is 13.9. The third kappa shape index (κ3) is 4.04. The number of hydrogen-bond acceptors (Lipinski definition) is 2. The van der Waals surface area contributed by atoms with Crippen LogP contribution >= 0.6 is 0 Å². The molecular weight excluding hydrogens is 348 g/mol. The summed E-state index contributed by atoms with van der Waals surface area (Å²) in [5.74, 6) is -0.886. The molecule has 1 atom stereocenters. The van der Waals surface area contributed by atoms with Gasteiger partial charge in [-0.25, -0.2) is 4.39 Å². The van der Waals surface area contributed by atoms with Crippen molar-refractivity contribution in [3.63, 3.8) is 0 Å². The van der Waals surface area contributed by atoms with E-state index < -0.39 is 18.0 Å². The van der Waals surface area contributed by atoms with Crippen molar-refractivity contribution in [1.82, 2.24) is 9.80 Å². The molecule has 138 valence electrons. The Balaban J connectivity index is 1.71. The van der Waals surface area contributed by atoms with Crippen LogP contribution in [0.2, 0.25) is 0 Å². The molecule has 1 unspecified atom stereocenters. The third-order valence-corrected chi connectivity index (χ3v) is 4.46. The Bertz CT molecular complexity index is 756. The molecule has 0 spiro atoms. The zero-order valence-electron chi connectivity index (χ0n) is 13.9. The number of halogens is 4. The molecule has 7 heteroatoms. The first kappa shape index (κ1) is 18.4. The van der Waals surface area contributed by atoms with E-state index in [0.717, 1.165) is 6.07 Å². The largest absolute Gasteiger partial charge is 0.408 e. The predicted molar refractivity (Wildman–Crippen MR) is 89.1 cm³/mol. The van der Waals surface area contributed by atoms with E-state index in [-0.39, 0.29) is 43.2 Å². The second-order valence-electron chi connectivity index (χ2n) is 6.19. The highest BCUT2D eigenvalue weighted by molar-refractivity contribution is 5.94. The predicted octanol–water partition coefficient (Wildman–Crippen LogP) is 3.89. The van der Waals surface area contributed by atoms with E-state index in [0.29, 0.717) is 0 Å². The van der Waals surface area contributed by atoms with Crippen molar-refractivity contribution in [3.8, 4) is 0 Å². The van der Waals surface area contributed by atoms with Crippen molar-refractivity contribution in [2.45, 2.75) is 12.2 Å². The molecule has 1 amide bonds. The summed E-state index contributed by atoms with van der Waals surface area (Å²) in [7, 11) is 0. The smallest absolute Gasteiger partial charge is 0.336 e. The number of hydrogen-bond donors (Lipinski definition) is 0. The minimum absolute atomic E-state index is 0.0973. The van der Waals surface area contributed by atoms with Gasteiger partial charge in [0.2, 0.25) is 0 Å². The van der Waals surface area contributed by atoms with Crippen LogP contribution in [0.5, 0.6) is 0 Å². The number of nitrogens with zero attached hydrogens (tertiary/aromatic N) is 2. The lowest BCUT2D eigenvalue weighted by Crippen LogP contribution is -2.52. The van der Waals surface area contributed by atoms with Gasteiger partial charge in [-0.05, 0) is 23.8 Å². The highest BCUT2D eigenvalue weighted by Crippen LogP contribution is 2.38. The Labute approximate surface area is 148 Å². The average molecular weight is 366 g/mol. The van der Waals surface area contributed by atoms with Crippen LogP contribution in [0.15, 0.2) is 54.6 Å². The molecule has 26 heavy (non-hydrogen) atoms. The Morgan fingerprint density at radius 1 is 0.923 bits per heavy atom. The van der Waals surface area contributed by atoms with Gasteiger partial charge in [0.05, 0.1) is 0 Å². The van der Waals surface area contributed by atoms with E-state index in [9.17, 15) is 22.4 Å². The molecule has 2 aromatic rings. The minimum atomic E-state index is -4.41. The summed E-state index contributed by atoms with van der Waals surface area (Å²) in [6.45, 7) is 0.518. The first-order valence-corrected chi connectivity index (χ1v) is 8.27. The Hall–Kier alpha value is -2.41.